The van der Waals surface area contributed by atoms with Crippen molar-refractivity contribution in [3.8, 4) is 0 Å². The van der Waals surface area contributed by atoms with Gasteiger partial charge in [-0.25, -0.2) is 22.5 Å². The molecule has 0 aliphatic rings. The lowest BCUT2D eigenvalue weighted by Gasteiger charge is -2.13. The molecule has 0 radical (unpaired) electrons. The van der Waals surface area contributed by atoms with E-state index in [0.717, 1.165) is 6.07 Å². The molecule has 0 amide bonds. The van der Waals surface area contributed by atoms with Crippen molar-refractivity contribution in [1.82, 2.24) is 14.7 Å². The minimum absolute atomic E-state index is 0.135. The minimum Gasteiger partial charge on any atom is -0.347 e. The summed E-state index contributed by atoms with van der Waals surface area (Å²) in [5, 5.41) is 0. The highest BCUT2D eigenvalue weighted by molar-refractivity contribution is 7.89. The lowest BCUT2D eigenvalue weighted by Crippen LogP contribution is -2.28. The van der Waals surface area contributed by atoms with Gasteiger partial charge in [-0.2, -0.15) is 0 Å². The van der Waals surface area contributed by atoms with Gasteiger partial charge in [0, 0.05) is 18.9 Å². The van der Waals surface area contributed by atoms with Crippen molar-refractivity contribution in [2.75, 3.05) is 0 Å². The van der Waals surface area contributed by atoms with Crippen LogP contribution in [0.4, 0.5) is 4.39 Å². The van der Waals surface area contributed by atoms with Gasteiger partial charge in [-0.05, 0) is 24.6 Å². The Hall–Kier alpha value is -1.77. The van der Waals surface area contributed by atoms with Gasteiger partial charge in [0.15, 0.2) is 0 Å². The number of sulfonamides is 1. The molecule has 2 rings (SSSR count). The van der Waals surface area contributed by atoms with E-state index in [1.807, 2.05) is 0 Å². The molecule has 1 unspecified atom stereocenters. The highest BCUT2D eigenvalue weighted by Crippen LogP contribution is 2.19. The van der Waals surface area contributed by atoms with Crippen LogP contribution in [0.3, 0.4) is 0 Å². The van der Waals surface area contributed by atoms with Gasteiger partial charge in [0.05, 0.1) is 6.04 Å². The lowest BCUT2D eigenvalue weighted by molar-refractivity contribution is 0.542. The van der Waals surface area contributed by atoms with E-state index in [1.54, 1.807) is 13.1 Å². The summed E-state index contributed by atoms with van der Waals surface area (Å²) in [4.78, 5) is 6.33. The number of halogens is 1. The topological polar surface area (TPSA) is 101 Å². The molecule has 1 heterocycles. The molecular formula is C12H15FN4O2S. The summed E-state index contributed by atoms with van der Waals surface area (Å²) in [7, 11) is -3.99. The van der Waals surface area contributed by atoms with Crippen LogP contribution in [-0.2, 0) is 16.6 Å². The van der Waals surface area contributed by atoms with Crippen LogP contribution in [0.15, 0.2) is 35.5 Å². The smallest absolute Gasteiger partial charge is 0.244 e. The van der Waals surface area contributed by atoms with Gasteiger partial charge in [0.1, 0.15) is 16.5 Å². The van der Waals surface area contributed by atoms with E-state index >= 15 is 0 Å². The number of hydrogen-bond donors (Lipinski definition) is 3. The molecule has 2 aromatic rings. The number of H-pyrrole nitrogens is 1. The number of imidazole rings is 1. The molecule has 1 aromatic heterocycles. The van der Waals surface area contributed by atoms with E-state index in [1.165, 1.54) is 18.3 Å². The van der Waals surface area contributed by atoms with Crippen LogP contribution in [0.5, 0.6) is 0 Å². The Bertz CT molecular complexity index is 685. The monoisotopic (exact) mass is 298 g/mol. The maximum Gasteiger partial charge on any atom is 0.244 e. The molecule has 20 heavy (non-hydrogen) atoms. The van der Waals surface area contributed by atoms with Gasteiger partial charge in [0.2, 0.25) is 10.0 Å². The second-order valence-electron chi connectivity index (χ2n) is 4.29. The van der Waals surface area contributed by atoms with E-state index in [2.05, 4.69) is 14.7 Å². The molecule has 4 N–H and O–H groups in total. The summed E-state index contributed by atoms with van der Waals surface area (Å²) in [5.41, 5.74) is 5.98. The number of nitrogens with one attached hydrogen (secondary N) is 2. The van der Waals surface area contributed by atoms with Crippen LogP contribution in [0.1, 0.15) is 24.4 Å². The largest absolute Gasteiger partial charge is 0.347 e. The minimum atomic E-state index is -3.99. The molecule has 0 saturated heterocycles. The van der Waals surface area contributed by atoms with Crippen molar-refractivity contribution in [1.29, 1.82) is 0 Å². The summed E-state index contributed by atoms with van der Waals surface area (Å²) in [6, 6.07) is 3.17. The van der Waals surface area contributed by atoms with Crippen LogP contribution in [0.2, 0.25) is 0 Å². The van der Waals surface area contributed by atoms with Crippen molar-refractivity contribution < 1.29 is 12.8 Å². The second-order valence-corrected chi connectivity index (χ2v) is 5.97. The summed E-state index contributed by atoms with van der Waals surface area (Å²) >= 11 is 0. The normalized spacial score (nSPS) is 13.3. The van der Waals surface area contributed by atoms with Gasteiger partial charge in [0.25, 0.3) is 0 Å². The number of aromatic amines is 1. The first kappa shape index (κ1) is 14.6. The van der Waals surface area contributed by atoms with Crippen LogP contribution in [0, 0.1) is 5.82 Å². The third-order valence-electron chi connectivity index (χ3n) is 2.78. The average Bonchev–Trinajstić information content (AvgIpc) is 2.92. The van der Waals surface area contributed by atoms with Crippen LogP contribution in [0.25, 0.3) is 0 Å². The summed E-state index contributed by atoms with van der Waals surface area (Å²) in [5.74, 6) is -0.370. The van der Waals surface area contributed by atoms with E-state index in [4.69, 9.17) is 5.73 Å². The van der Waals surface area contributed by atoms with Crippen molar-refractivity contribution >= 4 is 10.0 Å². The van der Waals surface area contributed by atoms with Crippen LogP contribution >= 0.6 is 0 Å². The molecule has 8 heteroatoms. The second kappa shape index (κ2) is 5.70. The SMILES string of the molecule is CC(NS(=O)(=O)c1cc(CN)ccc1F)c1ncc[nH]1. The zero-order chi connectivity index (χ0) is 14.8. The fraction of sp³-hybridized carbons (Fsp3) is 0.250. The zero-order valence-electron chi connectivity index (χ0n) is 10.8. The van der Waals surface area contributed by atoms with Crippen molar-refractivity contribution in [2.24, 2.45) is 5.73 Å². The molecule has 108 valence electrons. The average molecular weight is 298 g/mol. The fourth-order valence-corrected chi connectivity index (χ4v) is 3.08. The van der Waals surface area contributed by atoms with Crippen molar-refractivity contribution in [3.05, 3.63) is 47.8 Å². The third kappa shape index (κ3) is 3.03. The van der Waals surface area contributed by atoms with E-state index in [9.17, 15) is 12.8 Å². The first-order chi connectivity index (χ1) is 9.44. The van der Waals surface area contributed by atoms with Gasteiger partial charge >= 0.3 is 0 Å². The summed E-state index contributed by atoms with van der Waals surface area (Å²) in [6.45, 7) is 1.75. The van der Waals surface area contributed by atoms with Crippen molar-refractivity contribution in [3.63, 3.8) is 0 Å². The first-order valence-electron chi connectivity index (χ1n) is 5.94. The molecule has 0 aliphatic heterocycles. The molecule has 1 atom stereocenters. The molecule has 0 saturated carbocycles. The van der Waals surface area contributed by atoms with E-state index in [0.29, 0.717) is 11.4 Å². The summed E-state index contributed by atoms with van der Waals surface area (Å²) < 4.78 is 40.5. The summed E-state index contributed by atoms with van der Waals surface area (Å²) in [6.07, 6.45) is 3.09. The molecule has 1 aromatic carbocycles. The Balaban J connectivity index is 2.31. The number of benzene rings is 1. The fourth-order valence-electron chi connectivity index (χ4n) is 1.75. The van der Waals surface area contributed by atoms with Crippen LogP contribution in [-0.4, -0.2) is 18.4 Å². The Kier molecular flexibility index (Phi) is 4.17. The quantitative estimate of drug-likeness (QED) is 0.768. The molecule has 6 nitrogen and oxygen atoms in total. The van der Waals surface area contributed by atoms with Crippen LogP contribution < -0.4 is 10.5 Å². The molecule has 0 fully saturated rings. The van der Waals surface area contributed by atoms with E-state index < -0.39 is 26.8 Å². The van der Waals surface area contributed by atoms with E-state index in [-0.39, 0.29) is 6.54 Å². The zero-order valence-corrected chi connectivity index (χ0v) is 11.6. The maximum atomic E-state index is 13.7. The number of rotatable bonds is 5. The Labute approximate surface area is 116 Å². The predicted octanol–water partition coefficient (Wildman–Crippen LogP) is 1.05. The standard InChI is InChI=1S/C12H15FN4O2S/c1-8(12-15-4-5-16-12)17-20(18,19)11-6-9(7-14)2-3-10(11)13/h2-6,8,17H,7,14H2,1H3,(H,15,16). The molecule has 0 spiro atoms. The Morgan fingerprint density at radius 2 is 2.25 bits per heavy atom. The van der Waals surface area contributed by atoms with Gasteiger partial charge in [-0.15, -0.1) is 0 Å². The highest BCUT2D eigenvalue weighted by atomic mass is 32.2. The number of hydrogen-bond acceptors (Lipinski definition) is 4. The van der Waals surface area contributed by atoms with Gasteiger partial charge in [-0.3, -0.25) is 0 Å². The third-order valence-corrected chi connectivity index (χ3v) is 4.34. The molecule has 0 bridgehead atoms. The highest BCUT2D eigenvalue weighted by Gasteiger charge is 2.23. The predicted molar refractivity (Wildman–Crippen MR) is 71.6 cm³/mol. The maximum absolute atomic E-state index is 13.7. The van der Waals surface area contributed by atoms with Gasteiger partial charge in [-0.1, -0.05) is 6.07 Å². The number of nitrogens with two attached hydrogens (primary N) is 1. The molecule has 0 aliphatic carbocycles. The van der Waals surface area contributed by atoms with Gasteiger partial charge < -0.3 is 10.7 Å². The Morgan fingerprint density at radius 1 is 1.50 bits per heavy atom. The van der Waals surface area contributed by atoms with Crippen molar-refractivity contribution in [2.45, 2.75) is 24.4 Å². The number of nitrogens with zero attached hydrogens (tertiary/aromatic N) is 1. The molecular weight excluding hydrogens is 283 g/mol. The first-order valence-corrected chi connectivity index (χ1v) is 7.42. The number of aromatic nitrogens is 2. The lowest BCUT2D eigenvalue weighted by atomic mass is 10.2. The Morgan fingerprint density at radius 3 is 2.85 bits per heavy atom.